The van der Waals surface area contributed by atoms with Gasteiger partial charge >= 0.3 is 0 Å². The standard InChI is InChI=1S/C11H15F2N3O3S/c1-2-3-9(11(14)15-17)16-20(18,19)10-6-7(12)4-5-8(10)13/h4-6,9,16-17H,2-3H2,1H3,(H2,14,15). The van der Waals surface area contributed by atoms with Crippen molar-refractivity contribution >= 4 is 15.9 Å². The van der Waals surface area contributed by atoms with Gasteiger partial charge in [0.1, 0.15) is 16.5 Å². The van der Waals surface area contributed by atoms with Crippen molar-refractivity contribution in [1.82, 2.24) is 4.72 Å². The normalized spacial score (nSPS) is 14.2. The van der Waals surface area contributed by atoms with Crippen molar-refractivity contribution in [2.75, 3.05) is 0 Å². The first-order valence-electron chi connectivity index (χ1n) is 5.76. The summed E-state index contributed by atoms with van der Waals surface area (Å²) in [6.07, 6.45) is 0.779. The topological polar surface area (TPSA) is 105 Å². The Labute approximate surface area is 115 Å². The van der Waals surface area contributed by atoms with Crippen LogP contribution in [0.4, 0.5) is 8.78 Å². The van der Waals surface area contributed by atoms with E-state index in [1.54, 1.807) is 6.92 Å². The monoisotopic (exact) mass is 307 g/mol. The molecule has 0 bridgehead atoms. The number of rotatable bonds is 6. The van der Waals surface area contributed by atoms with Crippen LogP contribution < -0.4 is 10.5 Å². The lowest BCUT2D eigenvalue weighted by atomic mass is 10.2. The molecular weight excluding hydrogens is 292 g/mol. The van der Waals surface area contributed by atoms with Gasteiger partial charge in [-0.1, -0.05) is 18.5 Å². The van der Waals surface area contributed by atoms with Crippen molar-refractivity contribution in [3.63, 3.8) is 0 Å². The van der Waals surface area contributed by atoms with E-state index in [0.29, 0.717) is 18.6 Å². The first-order chi connectivity index (χ1) is 9.31. The number of nitrogens with zero attached hydrogens (tertiary/aromatic N) is 1. The van der Waals surface area contributed by atoms with Gasteiger partial charge in [-0.15, -0.1) is 0 Å². The van der Waals surface area contributed by atoms with Crippen LogP contribution in [0.25, 0.3) is 0 Å². The largest absolute Gasteiger partial charge is 0.409 e. The van der Waals surface area contributed by atoms with Gasteiger partial charge < -0.3 is 10.9 Å². The number of nitrogens with two attached hydrogens (primary N) is 1. The van der Waals surface area contributed by atoms with Crippen LogP contribution in [-0.2, 0) is 10.0 Å². The predicted octanol–water partition coefficient (Wildman–Crippen LogP) is 1.16. The van der Waals surface area contributed by atoms with E-state index in [0.717, 1.165) is 6.07 Å². The lowest BCUT2D eigenvalue weighted by Crippen LogP contribution is -2.44. The Morgan fingerprint density at radius 1 is 1.50 bits per heavy atom. The molecule has 0 aromatic heterocycles. The van der Waals surface area contributed by atoms with Crippen molar-refractivity contribution in [2.24, 2.45) is 10.9 Å². The quantitative estimate of drug-likeness (QED) is 0.317. The number of halogens is 2. The van der Waals surface area contributed by atoms with Crippen LogP contribution in [0.15, 0.2) is 28.3 Å². The number of nitrogens with one attached hydrogen (secondary N) is 1. The minimum absolute atomic E-state index is 0.242. The molecule has 0 amide bonds. The SMILES string of the molecule is CCCC(NS(=O)(=O)c1cc(F)ccc1F)/C(N)=N/O. The maximum Gasteiger partial charge on any atom is 0.244 e. The lowest BCUT2D eigenvalue weighted by Gasteiger charge is -2.17. The molecule has 9 heteroatoms. The van der Waals surface area contributed by atoms with Crippen molar-refractivity contribution in [3.8, 4) is 0 Å². The highest BCUT2D eigenvalue weighted by Gasteiger charge is 2.25. The maximum atomic E-state index is 13.5. The van der Waals surface area contributed by atoms with Crippen LogP contribution in [0.1, 0.15) is 19.8 Å². The van der Waals surface area contributed by atoms with Crippen molar-refractivity contribution in [2.45, 2.75) is 30.7 Å². The van der Waals surface area contributed by atoms with E-state index in [1.165, 1.54) is 0 Å². The molecule has 0 aliphatic rings. The van der Waals surface area contributed by atoms with Gasteiger partial charge in [0.25, 0.3) is 0 Å². The molecule has 1 rings (SSSR count). The Balaban J connectivity index is 3.13. The van der Waals surface area contributed by atoms with E-state index in [-0.39, 0.29) is 12.3 Å². The summed E-state index contributed by atoms with van der Waals surface area (Å²) in [4.78, 5) is -0.829. The lowest BCUT2D eigenvalue weighted by molar-refractivity contribution is 0.315. The van der Waals surface area contributed by atoms with Crippen LogP contribution in [0, 0.1) is 11.6 Å². The highest BCUT2D eigenvalue weighted by atomic mass is 32.2. The molecule has 0 fully saturated rings. The average Bonchev–Trinajstić information content (AvgIpc) is 2.39. The zero-order chi connectivity index (χ0) is 15.3. The van der Waals surface area contributed by atoms with Gasteiger partial charge in [0.15, 0.2) is 5.84 Å². The highest BCUT2D eigenvalue weighted by molar-refractivity contribution is 7.89. The molecule has 6 nitrogen and oxygen atoms in total. The number of hydrogen-bond donors (Lipinski definition) is 3. The number of hydrogen-bond acceptors (Lipinski definition) is 4. The first-order valence-corrected chi connectivity index (χ1v) is 7.25. The minimum Gasteiger partial charge on any atom is -0.409 e. The second-order valence-corrected chi connectivity index (χ2v) is 5.74. The summed E-state index contributed by atoms with van der Waals surface area (Å²) in [6.45, 7) is 1.76. The molecule has 4 N–H and O–H groups in total. The highest BCUT2D eigenvalue weighted by Crippen LogP contribution is 2.16. The molecule has 1 aromatic carbocycles. The van der Waals surface area contributed by atoms with Crippen LogP contribution in [-0.4, -0.2) is 25.5 Å². The number of oxime groups is 1. The minimum atomic E-state index is -4.33. The molecule has 1 atom stereocenters. The van der Waals surface area contributed by atoms with Gasteiger partial charge in [0, 0.05) is 0 Å². The molecule has 0 spiro atoms. The van der Waals surface area contributed by atoms with Gasteiger partial charge in [0.2, 0.25) is 10.0 Å². The van der Waals surface area contributed by atoms with E-state index < -0.39 is 32.6 Å². The number of sulfonamides is 1. The molecule has 0 heterocycles. The van der Waals surface area contributed by atoms with Crippen LogP contribution in [0.5, 0.6) is 0 Å². The van der Waals surface area contributed by atoms with Crippen LogP contribution in [0.2, 0.25) is 0 Å². The molecule has 0 saturated heterocycles. The van der Waals surface area contributed by atoms with Gasteiger partial charge in [-0.05, 0) is 24.6 Å². The van der Waals surface area contributed by atoms with Gasteiger partial charge in [0.05, 0.1) is 6.04 Å². The Hall–Kier alpha value is -1.74. The van der Waals surface area contributed by atoms with Crippen LogP contribution in [0.3, 0.4) is 0 Å². The Bertz CT molecular complexity index is 605. The summed E-state index contributed by atoms with van der Waals surface area (Å²) in [5.74, 6) is -2.33. The second kappa shape index (κ2) is 6.62. The summed E-state index contributed by atoms with van der Waals surface area (Å²) in [5.41, 5.74) is 5.36. The summed E-state index contributed by atoms with van der Waals surface area (Å²) in [6, 6.07) is 1.08. The molecule has 112 valence electrons. The predicted molar refractivity (Wildman–Crippen MR) is 68.8 cm³/mol. The van der Waals surface area contributed by atoms with E-state index in [4.69, 9.17) is 10.9 Å². The molecule has 1 unspecified atom stereocenters. The summed E-state index contributed by atoms with van der Waals surface area (Å²) < 4.78 is 52.6. The second-order valence-electron chi connectivity index (χ2n) is 4.06. The molecule has 0 saturated carbocycles. The summed E-state index contributed by atoms with van der Waals surface area (Å²) in [7, 11) is -4.33. The molecule has 0 radical (unpaired) electrons. The van der Waals surface area contributed by atoms with E-state index in [2.05, 4.69) is 9.88 Å². The maximum absolute atomic E-state index is 13.5. The zero-order valence-electron chi connectivity index (χ0n) is 10.7. The third kappa shape index (κ3) is 3.87. The Kier molecular flexibility index (Phi) is 5.40. The van der Waals surface area contributed by atoms with Crippen molar-refractivity contribution in [3.05, 3.63) is 29.8 Å². The van der Waals surface area contributed by atoms with Crippen molar-refractivity contribution < 1.29 is 22.4 Å². The average molecular weight is 307 g/mol. The van der Waals surface area contributed by atoms with E-state index in [1.807, 2.05) is 0 Å². The molecule has 1 aromatic rings. The van der Waals surface area contributed by atoms with Crippen molar-refractivity contribution in [1.29, 1.82) is 0 Å². The smallest absolute Gasteiger partial charge is 0.244 e. The summed E-state index contributed by atoms with van der Waals surface area (Å²) >= 11 is 0. The summed E-state index contributed by atoms with van der Waals surface area (Å²) in [5, 5.41) is 11.3. The molecule has 0 aliphatic heterocycles. The Morgan fingerprint density at radius 2 is 2.15 bits per heavy atom. The molecular formula is C11H15F2N3O3S. The Morgan fingerprint density at radius 3 is 2.70 bits per heavy atom. The van der Waals surface area contributed by atoms with E-state index in [9.17, 15) is 17.2 Å². The van der Waals surface area contributed by atoms with Crippen LogP contribution >= 0.6 is 0 Å². The molecule has 0 aliphatic carbocycles. The molecule has 20 heavy (non-hydrogen) atoms. The number of amidine groups is 1. The van der Waals surface area contributed by atoms with E-state index >= 15 is 0 Å². The zero-order valence-corrected chi connectivity index (χ0v) is 11.5. The van der Waals surface area contributed by atoms with Gasteiger partial charge in [-0.2, -0.15) is 0 Å². The third-order valence-electron chi connectivity index (χ3n) is 2.53. The third-order valence-corrected chi connectivity index (χ3v) is 4.02. The van der Waals surface area contributed by atoms with Gasteiger partial charge in [-0.3, -0.25) is 0 Å². The fourth-order valence-corrected chi connectivity index (χ4v) is 2.89. The first kappa shape index (κ1) is 16.3. The number of benzene rings is 1. The fourth-order valence-electron chi connectivity index (χ4n) is 1.56. The van der Waals surface area contributed by atoms with Gasteiger partial charge in [-0.25, -0.2) is 21.9 Å². The fraction of sp³-hybridized carbons (Fsp3) is 0.364.